The highest BCUT2D eigenvalue weighted by Gasteiger charge is 2.35. The molecule has 0 saturated carbocycles. The van der Waals surface area contributed by atoms with Gasteiger partial charge in [0, 0.05) is 29.2 Å². The van der Waals surface area contributed by atoms with E-state index in [9.17, 15) is 9.59 Å². The van der Waals surface area contributed by atoms with Gasteiger partial charge >= 0.3 is 0 Å². The van der Waals surface area contributed by atoms with Crippen LogP contribution in [0.3, 0.4) is 0 Å². The average Bonchev–Trinajstić information content (AvgIpc) is 3.25. The van der Waals surface area contributed by atoms with Gasteiger partial charge in [0.05, 0.1) is 18.7 Å². The fourth-order valence-corrected chi connectivity index (χ4v) is 4.13. The van der Waals surface area contributed by atoms with Crippen LogP contribution in [0.4, 0.5) is 11.4 Å². The van der Waals surface area contributed by atoms with E-state index in [2.05, 4.69) is 26.8 Å². The molecule has 8 heteroatoms. The van der Waals surface area contributed by atoms with Crippen molar-refractivity contribution in [3.63, 3.8) is 0 Å². The van der Waals surface area contributed by atoms with E-state index >= 15 is 0 Å². The van der Waals surface area contributed by atoms with E-state index in [4.69, 9.17) is 9.47 Å². The molecule has 1 aliphatic heterocycles. The summed E-state index contributed by atoms with van der Waals surface area (Å²) in [5.74, 6) is 0.407. The van der Waals surface area contributed by atoms with Crippen molar-refractivity contribution >= 4 is 39.1 Å². The highest BCUT2D eigenvalue weighted by atomic mass is 79.9. The van der Waals surface area contributed by atoms with E-state index in [0.29, 0.717) is 30.3 Å². The van der Waals surface area contributed by atoms with Crippen LogP contribution in [-0.4, -0.2) is 25.5 Å². The number of rotatable bonds is 8. The minimum absolute atomic E-state index is 0.0534. The third kappa shape index (κ3) is 5.95. The van der Waals surface area contributed by atoms with Crippen molar-refractivity contribution in [3.8, 4) is 11.5 Å². The Balaban J connectivity index is 1.33. The number of halogens is 1. The molecule has 35 heavy (non-hydrogen) atoms. The zero-order valence-corrected chi connectivity index (χ0v) is 21.5. The molecule has 4 rings (SSSR count). The van der Waals surface area contributed by atoms with Gasteiger partial charge in [0.1, 0.15) is 6.61 Å². The Kier molecular flexibility index (Phi) is 7.60. The number of aryl methyl sites for hydroxylation is 2. The van der Waals surface area contributed by atoms with Gasteiger partial charge in [0.25, 0.3) is 0 Å². The number of nitrogens with zero attached hydrogens (tertiary/aromatic N) is 1. The van der Waals surface area contributed by atoms with Crippen molar-refractivity contribution in [1.29, 1.82) is 0 Å². The van der Waals surface area contributed by atoms with Gasteiger partial charge in [-0.2, -0.15) is 0 Å². The zero-order valence-electron chi connectivity index (χ0n) is 19.9. The first-order valence-corrected chi connectivity index (χ1v) is 12.1. The second-order valence-electron chi connectivity index (χ2n) is 8.57. The molecule has 1 fully saturated rings. The number of methoxy groups -OCH3 is 1. The van der Waals surface area contributed by atoms with Gasteiger partial charge < -0.3 is 14.4 Å². The van der Waals surface area contributed by atoms with E-state index in [1.165, 1.54) is 5.56 Å². The number of hydrogen-bond acceptors (Lipinski definition) is 5. The zero-order chi connectivity index (χ0) is 24.9. The second kappa shape index (κ2) is 10.8. The van der Waals surface area contributed by atoms with Crippen LogP contribution < -0.4 is 25.2 Å². The van der Waals surface area contributed by atoms with Crippen molar-refractivity contribution < 1.29 is 19.1 Å². The molecule has 7 nitrogen and oxygen atoms in total. The number of benzene rings is 3. The quantitative estimate of drug-likeness (QED) is 0.388. The van der Waals surface area contributed by atoms with Crippen molar-refractivity contribution in [2.24, 2.45) is 5.92 Å². The maximum Gasteiger partial charge on any atom is 0.243 e. The Morgan fingerprint density at radius 1 is 1.03 bits per heavy atom. The molecule has 0 unspecified atom stereocenters. The molecular weight excluding hydrogens is 510 g/mol. The first-order chi connectivity index (χ1) is 16.8. The maximum absolute atomic E-state index is 12.8. The van der Waals surface area contributed by atoms with Crippen LogP contribution in [0.25, 0.3) is 0 Å². The summed E-state index contributed by atoms with van der Waals surface area (Å²) in [5, 5.41) is 0. The number of carbonyl (C=O) groups excluding carboxylic acids is 2. The van der Waals surface area contributed by atoms with Crippen LogP contribution in [0.2, 0.25) is 0 Å². The maximum atomic E-state index is 12.8. The Hall–Kier alpha value is -3.52. The Morgan fingerprint density at radius 3 is 2.51 bits per heavy atom. The first-order valence-electron chi connectivity index (χ1n) is 11.3. The number of anilines is 2. The fourth-order valence-electron chi connectivity index (χ4n) is 3.87. The number of hydrogen-bond donors (Lipinski definition) is 2. The van der Waals surface area contributed by atoms with Gasteiger partial charge in [-0.25, -0.2) is 0 Å². The molecule has 3 aromatic carbocycles. The fraction of sp³-hybridized carbons (Fsp3) is 0.259. The minimum atomic E-state index is -0.438. The summed E-state index contributed by atoms with van der Waals surface area (Å²) in [6.45, 7) is 4.79. The van der Waals surface area contributed by atoms with Crippen LogP contribution in [0.15, 0.2) is 65.1 Å². The number of amides is 2. The summed E-state index contributed by atoms with van der Waals surface area (Å²) in [5.41, 5.74) is 10.4. The van der Waals surface area contributed by atoms with Gasteiger partial charge in [-0.05, 0) is 66.9 Å². The Morgan fingerprint density at radius 2 is 1.80 bits per heavy atom. The summed E-state index contributed by atoms with van der Waals surface area (Å²) in [7, 11) is 1.57. The molecule has 3 aromatic rings. The van der Waals surface area contributed by atoms with E-state index in [1.807, 2.05) is 56.3 Å². The van der Waals surface area contributed by atoms with Crippen molar-refractivity contribution in [2.75, 3.05) is 24.0 Å². The van der Waals surface area contributed by atoms with Crippen LogP contribution in [-0.2, 0) is 16.2 Å². The third-order valence-corrected chi connectivity index (χ3v) is 6.63. The first kappa shape index (κ1) is 24.6. The smallest absolute Gasteiger partial charge is 0.243 e. The van der Waals surface area contributed by atoms with Gasteiger partial charge in [0.2, 0.25) is 11.8 Å². The lowest BCUT2D eigenvalue weighted by molar-refractivity contribution is -0.125. The van der Waals surface area contributed by atoms with Gasteiger partial charge in [0.15, 0.2) is 11.5 Å². The highest BCUT2D eigenvalue weighted by Crippen LogP contribution is 2.31. The summed E-state index contributed by atoms with van der Waals surface area (Å²) in [4.78, 5) is 27.0. The summed E-state index contributed by atoms with van der Waals surface area (Å²) in [6.07, 6.45) is 0.173. The van der Waals surface area contributed by atoms with E-state index in [0.717, 1.165) is 21.3 Å². The van der Waals surface area contributed by atoms with Crippen LogP contribution in [0.5, 0.6) is 11.5 Å². The van der Waals surface area contributed by atoms with Gasteiger partial charge in [-0.3, -0.25) is 20.4 Å². The Bertz CT molecular complexity index is 1230. The lowest BCUT2D eigenvalue weighted by Crippen LogP contribution is -2.36. The van der Waals surface area contributed by atoms with Crippen molar-refractivity contribution in [3.05, 3.63) is 81.8 Å². The molecule has 1 atom stereocenters. The largest absolute Gasteiger partial charge is 0.493 e. The van der Waals surface area contributed by atoms with E-state index < -0.39 is 5.92 Å². The molecule has 182 valence electrons. The Labute approximate surface area is 213 Å². The van der Waals surface area contributed by atoms with E-state index in [1.54, 1.807) is 30.2 Å². The lowest BCUT2D eigenvalue weighted by Gasteiger charge is -2.18. The molecule has 2 amide bonds. The molecule has 1 saturated heterocycles. The molecule has 0 radical (unpaired) electrons. The number of nitrogens with one attached hydrogen (secondary N) is 2. The molecule has 2 N–H and O–H groups in total. The normalized spacial score (nSPS) is 15.1. The number of carbonyl (C=O) groups is 2. The standard InChI is InChI=1S/C27H28BrN3O4/c1-17-4-10-23(12-18(17)2)31-15-20(13-26(31)32)27(33)30-29-22-9-11-24(25(14-22)34-3)35-16-19-5-7-21(28)8-6-19/h4-12,14,20,29H,13,15-16H2,1-3H3,(H,30,33)/t20-/m1/s1. The molecule has 1 aliphatic rings. The highest BCUT2D eigenvalue weighted by molar-refractivity contribution is 9.10. The van der Waals surface area contributed by atoms with Crippen LogP contribution in [0.1, 0.15) is 23.1 Å². The lowest BCUT2D eigenvalue weighted by atomic mass is 10.1. The molecule has 0 bridgehead atoms. The van der Waals surface area contributed by atoms with Crippen molar-refractivity contribution in [2.45, 2.75) is 26.9 Å². The predicted molar refractivity (Wildman–Crippen MR) is 140 cm³/mol. The topological polar surface area (TPSA) is 79.9 Å². The van der Waals surface area contributed by atoms with Crippen molar-refractivity contribution in [1.82, 2.24) is 5.43 Å². The molecular formula is C27H28BrN3O4. The summed E-state index contributed by atoms with van der Waals surface area (Å²) < 4.78 is 12.4. The van der Waals surface area contributed by atoms with Gasteiger partial charge in [-0.1, -0.05) is 34.1 Å². The third-order valence-electron chi connectivity index (χ3n) is 6.10. The van der Waals surface area contributed by atoms with E-state index in [-0.39, 0.29) is 18.2 Å². The molecule has 1 heterocycles. The summed E-state index contributed by atoms with van der Waals surface area (Å²) >= 11 is 3.42. The monoisotopic (exact) mass is 537 g/mol. The average molecular weight is 538 g/mol. The SMILES string of the molecule is COc1cc(NNC(=O)[C@@H]2CC(=O)N(c3ccc(C)c(C)c3)C2)ccc1OCc1ccc(Br)cc1. The number of ether oxygens (including phenoxy) is 2. The number of hydrazine groups is 1. The molecule has 0 aliphatic carbocycles. The van der Waals surface area contributed by atoms with Crippen LogP contribution in [0, 0.1) is 19.8 Å². The predicted octanol–water partition coefficient (Wildman–Crippen LogP) is 5.15. The van der Waals surface area contributed by atoms with Gasteiger partial charge in [-0.15, -0.1) is 0 Å². The minimum Gasteiger partial charge on any atom is -0.493 e. The molecule has 0 spiro atoms. The second-order valence-corrected chi connectivity index (χ2v) is 9.48. The summed E-state index contributed by atoms with van der Waals surface area (Å²) in [6, 6.07) is 19.1. The molecule has 0 aromatic heterocycles. The van der Waals surface area contributed by atoms with Crippen LogP contribution >= 0.6 is 15.9 Å².